The van der Waals surface area contributed by atoms with Crippen molar-refractivity contribution in [3.8, 4) is 0 Å². The first-order chi connectivity index (χ1) is 7.16. The van der Waals surface area contributed by atoms with E-state index < -0.39 is 0 Å². The zero-order chi connectivity index (χ0) is 11.5. The van der Waals surface area contributed by atoms with Crippen molar-refractivity contribution in [2.75, 3.05) is 6.54 Å². The van der Waals surface area contributed by atoms with Crippen molar-refractivity contribution in [1.82, 2.24) is 0 Å². The lowest BCUT2D eigenvalue weighted by Crippen LogP contribution is -2.05. The van der Waals surface area contributed by atoms with Crippen molar-refractivity contribution in [2.45, 2.75) is 72.1 Å². The van der Waals surface area contributed by atoms with E-state index in [1.165, 1.54) is 51.4 Å². The van der Waals surface area contributed by atoms with Crippen molar-refractivity contribution in [3.05, 3.63) is 0 Å². The molecule has 0 aromatic carbocycles. The highest BCUT2D eigenvalue weighted by Gasteiger charge is 2.00. The van der Waals surface area contributed by atoms with Crippen LogP contribution in [0.1, 0.15) is 72.1 Å². The molecule has 2 N–H and O–H groups in total. The first kappa shape index (κ1) is 15.0. The van der Waals surface area contributed by atoms with Crippen LogP contribution in [0.25, 0.3) is 0 Å². The van der Waals surface area contributed by atoms with E-state index in [0.717, 1.165) is 18.4 Å². The summed E-state index contributed by atoms with van der Waals surface area (Å²) in [5.41, 5.74) is 5.53. The fourth-order valence-corrected chi connectivity index (χ4v) is 2.00. The number of rotatable bonds is 10. The van der Waals surface area contributed by atoms with Crippen LogP contribution in [0.15, 0.2) is 0 Å². The maximum absolute atomic E-state index is 5.53. The summed E-state index contributed by atoms with van der Waals surface area (Å²) in [6, 6.07) is 0. The predicted octanol–water partition coefficient (Wildman–Crippen LogP) is 4.36. The van der Waals surface area contributed by atoms with E-state index in [1.807, 2.05) is 0 Å². The highest BCUT2D eigenvalue weighted by Crippen LogP contribution is 2.15. The van der Waals surface area contributed by atoms with Gasteiger partial charge in [0.05, 0.1) is 0 Å². The quantitative estimate of drug-likeness (QED) is 0.536. The van der Waals surface area contributed by atoms with Crippen LogP contribution in [0.2, 0.25) is 0 Å². The molecule has 0 radical (unpaired) electrons. The largest absolute Gasteiger partial charge is 0.330 e. The Morgan fingerprint density at radius 2 is 1.27 bits per heavy atom. The summed E-state index contributed by atoms with van der Waals surface area (Å²) in [6.45, 7) is 7.81. The molecule has 0 rings (SSSR count). The highest BCUT2D eigenvalue weighted by molar-refractivity contribution is 4.55. The third-order valence-corrected chi connectivity index (χ3v) is 3.14. The van der Waals surface area contributed by atoms with Gasteiger partial charge >= 0.3 is 0 Å². The van der Waals surface area contributed by atoms with Crippen LogP contribution in [0.4, 0.5) is 0 Å². The topological polar surface area (TPSA) is 26.0 Å². The molecule has 1 atom stereocenters. The fraction of sp³-hybridized carbons (Fsp3) is 1.00. The van der Waals surface area contributed by atoms with Gasteiger partial charge < -0.3 is 5.73 Å². The Balaban J connectivity index is 3.04. The molecule has 0 unspecified atom stereocenters. The van der Waals surface area contributed by atoms with E-state index in [-0.39, 0.29) is 0 Å². The fourth-order valence-electron chi connectivity index (χ4n) is 2.00. The number of nitrogens with two attached hydrogens (primary N) is 1. The standard InChI is InChI=1S/C14H31N/c1-13(2)9-7-5-4-6-8-10-14(3)11-12-15/h13-14H,4-12,15H2,1-3H3/t14-/m1/s1. The molecule has 0 aliphatic rings. The van der Waals surface area contributed by atoms with Gasteiger partial charge in [0.25, 0.3) is 0 Å². The van der Waals surface area contributed by atoms with Crippen LogP contribution in [0.3, 0.4) is 0 Å². The van der Waals surface area contributed by atoms with Gasteiger partial charge in [0.15, 0.2) is 0 Å². The smallest absolute Gasteiger partial charge is 0.00747 e. The van der Waals surface area contributed by atoms with Crippen molar-refractivity contribution in [3.63, 3.8) is 0 Å². The molecule has 1 heteroatoms. The molecule has 0 saturated carbocycles. The summed E-state index contributed by atoms with van der Waals surface area (Å²) in [7, 11) is 0. The van der Waals surface area contributed by atoms with Crippen LogP contribution in [0, 0.1) is 11.8 Å². The van der Waals surface area contributed by atoms with E-state index in [4.69, 9.17) is 5.73 Å². The van der Waals surface area contributed by atoms with Crippen LogP contribution in [-0.4, -0.2) is 6.54 Å². The molecule has 0 aromatic rings. The molecule has 0 heterocycles. The van der Waals surface area contributed by atoms with E-state index in [2.05, 4.69) is 20.8 Å². The summed E-state index contributed by atoms with van der Waals surface area (Å²) in [4.78, 5) is 0. The van der Waals surface area contributed by atoms with Gasteiger partial charge in [-0.3, -0.25) is 0 Å². The summed E-state index contributed by atoms with van der Waals surface area (Å²) in [5, 5.41) is 0. The van der Waals surface area contributed by atoms with E-state index in [9.17, 15) is 0 Å². The minimum Gasteiger partial charge on any atom is -0.330 e. The third-order valence-electron chi connectivity index (χ3n) is 3.14. The monoisotopic (exact) mass is 213 g/mol. The lowest BCUT2D eigenvalue weighted by molar-refractivity contribution is 0.454. The predicted molar refractivity (Wildman–Crippen MR) is 70.0 cm³/mol. The first-order valence-electron chi connectivity index (χ1n) is 6.87. The van der Waals surface area contributed by atoms with Gasteiger partial charge in [-0.05, 0) is 24.8 Å². The number of hydrogen-bond donors (Lipinski definition) is 1. The molecule has 0 aliphatic heterocycles. The molecular weight excluding hydrogens is 182 g/mol. The number of hydrogen-bond acceptors (Lipinski definition) is 1. The minimum atomic E-state index is 0.839. The molecule has 1 nitrogen and oxygen atoms in total. The van der Waals surface area contributed by atoms with Crippen molar-refractivity contribution < 1.29 is 0 Å². The maximum atomic E-state index is 5.53. The third kappa shape index (κ3) is 11.9. The van der Waals surface area contributed by atoms with Gasteiger partial charge in [0.1, 0.15) is 0 Å². The normalized spacial score (nSPS) is 13.4. The summed E-state index contributed by atoms with van der Waals surface area (Å²) in [6.07, 6.45) is 11.1. The zero-order valence-electron chi connectivity index (χ0n) is 11.1. The number of unbranched alkanes of at least 4 members (excludes halogenated alkanes) is 4. The molecule has 0 amide bonds. The molecule has 0 aromatic heterocycles. The Hall–Kier alpha value is -0.0400. The lowest BCUT2D eigenvalue weighted by atomic mass is 9.98. The minimum absolute atomic E-state index is 0.839. The Bertz CT molecular complexity index is 121. The second kappa shape index (κ2) is 10.5. The Labute approximate surface area is 96.8 Å². The van der Waals surface area contributed by atoms with E-state index in [0.29, 0.717) is 0 Å². The van der Waals surface area contributed by atoms with Crippen LogP contribution in [-0.2, 0) is 0 Å². The zero-order valence-corrected chi connectivity index (χ0v) is 11.1. The second-order valence-corrected chi connectivity index (χ2v) is 5.42. The van der Waals surface area contributed by atoms with Crippen molar-refractivity contribution >= 4 is 0 Å². The molecule has 0 spiro atoms. The SMILES string of the molecule is CC(C)CCCCCCC[C@@H](C)CCN. The highest BCUT2D eigenvalue weighted by atomic mass is 14.5. The van der Waals surface area contributed by atoms with Crippen LogP contribution < -0.4 is 5.73 Å². The van der Waals surface area contributed by atoms with Gasteiger partial charge in [-0.15, -0.1) is 0 Å². The van der Waals surface area contributed by atoms with Gasteiger partial charge in [0.2, 0.25) is 0 Å². The Morgan fingerprint density at radius 1 is 0.733 bits per heavy atom. The average molecular weight is 213 g/mol. The van der Waals surface area contributed by atoms with E-state index >= 15 is 0 Å². The van der Waals surface area contributed by atoms with Gasteiger partial charge in [-0.2, -0.15) is 0 Å². The first-order valence-corrected chi connectivity index (χ1v) is 6.87. The molecule has 0 saturated heterocycles. The molecule has 92 valence electrons. The van der Waals surface area contributed by atoms with Crippen LogP contribution in [0.5, 0.6) is 0 Å². The molecule has 15 heavy (non-hydrogen) atoms. The van der Waals surface area contributed by atoms with Gasteiger partial charge in [-0.1, -0.05) is 65.7 Å². The van der Waals surface area contributed by atoms with Gasteiger partial charge in [-0.25, -0.2) is 0 Å². The molecule has 0 fully saturated rings. The van der Waals surface area contributed by atoms with Gasteiger partial charge in [0, 0.05) is 0 Å². The molecular formula is C14H31N. The van der Waals surface area contributed by atoms with E-state index in [1.54, 1.807) is 0 Å². The maximum Gasteiger partial charge on any atom is -0.00747 e. The van der Waals surface area contributed by atoms with Crippen molar-refractivity contribution in [1.29, 1.82) is 0 Å². The Kier molecular flexibility index (Phi) is 10.4. The molecule has 0 bridgehead atoms. The summed E-state index contributed by atoms with van der Waals surface area (Å²) < 4.78 is 0. The summed E-state index contributed by atoms with van der Waals surface area (Å²) in [5.74, 6) is 1.72. The van der Waals surface area contributed by atoms with Crippen LogP contribution >= 0.6 is 0 Å². The van der Waals surface area contributed by atoms with Crippen molar-refractivity contribution in [2.24, 2.45) is 17.6 Å². The molecule has 0 aliphatic carbocycles. The summed E-state index contributed by atoms with van der Waals surface area (Å²) >= 11 is 0. The average Bonchev–Trinajstić information content (AvgIpc) is 2.16. The second-order valence-electron chi connectivity index (χ2n) is 5.42. The lowest BCUT2D eigenvalue weighted by Gasteiger charge is -2.09. The Morgan fingerprint density at radius 3 is 1.80 bits per heavy atom.